The number of anilines is 1. The van der Waals surface area contributed by atoms with Crippen molar-refractivity contribution in [2.75, 3.05) is 25.3 Å². The molecule has 2 aromatic heterocycles. The zero-order valence-electron chi connectivity index (χ0n) is 17.3. The molecular formula is C19H21N5O6S. The van der Waals surface area contributed by atoms with Crippen LogP contribution in [-0.2, 0) is 18.3 Å². The third-order valence-corrected chi connectivity index (χ3v) is 5.22. The van der Waals surface area contributed by atoms with Crippen LogP contribution in [0.3, 0.4) is 0 Å². The standard InChI is InChI=1S/C19H21N5O6S/c1-10-12(17(26)24(2)18(27)20-10)8-16-22-23-19(30-16)31-9-15(25)21-13-7-11(28-3)5-6-14(13)29-4/h5-7H,8-9H2,1-4H3,(H,20,27)(H,21,25). The number of methoxy groups -OCH3 is 2. The predicted octanol–water partition coefficient (Wildman–Crippen LogP) is 1.10. The molecule has 31 heavy (non-hydrogen) atoms. The third-order valence-electron chi connectivity index (χ3n) is 4.40. The Morgan fingerprint density at radius 1 is 1.26 bits per heavy atom. The van der Waals surface area contributed by atoms with E-state index in [9.17, 15) is 14.4 Å². The molecule has 0 bridgehead atoms. The monoisotopic (exact) mass is 447 g/mol. The first-order valence-corrected chi connectivity index (χ1v) is 10.1. The molecule has 2 heterocycles. The van der Waals surface area contributed by atoms with Crippen LogP contribution in [0, 0.1) is 6.92 Å². The lowest BCUT2D eigenvalue weighted by atomic mass is 10.2. The molecule has 3 aromatic rings. The number of benzene rings is 1. The van der Waals surface area contributed by atoms with Gasteiger partial charge < -0.3 is 24.2 Å². The first-order chi connectivity index (χ1) is 14.8. The summed E-state index contributed by atoms with van der Waals surface area (Å²) in [6, 6.07) is 5.06. The second kappa shape index (κ2) is 9.51. The lowest BCUT2D eigenvalue weighted by Gasteiger charge is -2.11. The number of aromatic amines is 1. The molecule has 0 spiro atoms. The molecular weight excluding hydrogens is 426 g/mol. The largest absolute Gasteiger partial charge is 0.497 e. The topological polar surface area (TPSA) is 141 Å². The average Bonchev–Trinajstić information content (AvgIpc) is 3.21. The van der Waals surface area contributed by atoms with Crippen LogP contribution in [0.4, 0.5) is 5.69 Å². The molecule has 0 aliphatic heterocycles. The van der Waals surface area contributed by atoms with Crippen molar-refractivity contribution in [2.24, 2.45) is 7.05 Å². The van der Waals surface area contributed by atoms with Crippen LogP contribution >= 0.6 is 11.8 Å². The van der Waals surface area contributed by atoms with Gasteiger partial charge in [0.05, 0.1) is 32.1 Å². The van der Waals surface area contributed by atoms with Gasteiger partial charge in [-0.15, -0.1) is 10.2 Å². The summed E-state index contributed by atoms with van der Waals surface area (Å²) in [5, 5.41) is 10.7. The number of carbonyl (C=O) groups is 1. The van der Waals surface area contributed by atoms with Crippen molar-refractivity contribution in [2.45, 2.75) is 18.6 Å². The van der Waals surface area contributed by atoms with E-state index in [0.717, 1.165) is 16.3 Å². The Bertz CT molecular complexity index is 1220. The zero-order chi connectivity index (χ0) is 22.5. The number of hydrogen-bond acceptors (Lipinski definition) is 9. The van der Waals surface area contributed by atoms with E-state index < -0.39 is 11.2 Å². The molecule has 1 amide bonds. The molecule has 1 aromatic carbocycles. The number of hydrogen-bond donors (Lipinski definition) is 2. The van der Waals surface area contributed by atoms with E-state index in [1.165, 1.54) is 21.3 Å². The summed E-state index contributed by atoms with van der Waals surface area (Å²) >= 11 is 1.05. The van der Waals surface area contributed by atoms with Crippen LogP contribution in [0.2, 0.25) is 0 Å². The van der Waals surface area contributed by atoms with Gasteiger partial charge in [0.2, 0.25) is 11.8 Å². The number of carbonyl (C=O) groups excluding carboxylic acids is 1. The quantitative estimate of drug-likeness (QED) is 0.486. The molecule has 0 saturated carbocycles. The van der Waals surface area contributed by atoms with E-state index >= 15 is 0 Å². The Morgan fingerprint density at radius 3 is 2.74 bits per heavy atom. The van der Waals surface area contributed by atoms with Crippen molar-refractivity contribution < 1.29 is 18.7 Å². The number of aromatic nitrogens is 4. The van der Waals surface area contributed by atoms with Gasteiger partial charge in [-0.25, -0.2) is 4.79 Å². The molecule has 2 N–H and O–H groups in total. The highest BCUT2D eigenvalue weighted by Crippen LogP contribution is 2.29. The first-order valence-electron chi connectivity index (χ1n) is 9.08. The van der Waals surface area contributed by atoms with E-state index in [2.05, 4.69) is 20.5 Å². The van der Waals surface area contributed by atoms with Crippen molar-refractivity contribution in [3.8, 4) is 11.5 Å². The van der Waals surface area contributed by atoms with Gasteiger partial charge in [-0.2, -0.15) is 0 Å². The van der Waals surface area contributed by atoms with Crippen LogP contribution in [0.1, 0.15) is 17.1 Å². The number of H-pyrrole nitrogens is 1. The van der Waals surface area contributed by atoms with Gasteiger partial charge in [0.1, 0.15) is 11.5 Å². The average molecular weight is 447 g/mol. The molecule has 3 rings (SSSR count). The highest BCUT2D eigenvalue weighted by atomic mass is 32.2. The molecule has 0 saturated heterocycles. The lowest BCUT2D eigenvalue weighted by Crippen LogP contribution is -2.36. The molecule has 164 valence electrons. The molecule has 12 heteroatoms. The number of rotatable bonds is 8. The SMILES string of the molecule is COc1ccc(OC)c(NC(=O)CSc2nnc(Cc3c(C)[nH]c(=O)n(C)c3=O)o2)c1. The van der Waals surface area contributed by atoms with Crippen molar-refractivity contribution in [3.63, 3.8) is 0 Å². The minimum absolute atomic E-state index is 0.0153. The fourth-order valence-electron chi connectivity index (χ4n) is 2.73. The van der Waals surface area contributed by atoms with E-state index in [1.807, 2.05) is 0 Å². The van der Waals surface area contributed by atoms with Gasteiger partial charge in [-0.1, -0.05) is 11.8 Å². The Kier molecular flexibility index (Phi) is 6.80. The van der Waals surface area contributed by atoms with Gasteiger partial charge in [-0.05, 0) is 19.1 Å². The predicted molar refractivity (Wildman–Crippen MR) is 113 cm³/mol. The van der Waals surface area contributed by atoms with E-state index in [-0.39, 0.29) is 29.2 Å². The van der Waals surface area contributed by atoms with E-state index in [1.54, 1.807) is 25.1 Å². The van der Waals surface area contributed by atoms with Crippen LogP contribution in [0.5, 0.6) is 11.5 Å². The highest BCUT2D eigenvalue weighted by Gasteiger charge is 2.16. The van der Waals surface area contributed by atoms with Crippen LogP contribution in [0.25, 0.3) is 0 Å². The normalized spacial score (nSPS) is 10.7. The van der Waals surface area contributed by atoms with Crippen molar-refractivity contribution >= 4 is 23.4 Å². The zero-order valence-corrected chi connectivity index (χ0v) is 18.2. The number of aryl methyl sites for hydroxylation is 1. The van der Waals surface area contributed by atoms with Gasteiger partial charge in [-0.3, -0.25) is 14.2 Å². The summed E-state index contributed by atoms with van der Waals surface area (Å²) in [5.74, 6) is 0.985. The fourth-order valence-corrected chi connectivity index (χ4v) is 3.31. The number of ether oxygens (including phenoxy) is 2. The van der Waals surface area contributed by atoms with Crippen LogP contribution in [0.15, 0.2) is 37.4 Å². The number of thioether (sulfide) groups is 1. The summed E-state index contributed by atoms with van der Waals surface area (Å²) in [6.45, 7) is 1.63. The Morgan fingerprint density at radius 2 is 2.03 bits per heavy atom. The van der Waals surface area contributed by atoms with Gasteiger partial charge in [0, 0.05) is 24.4 Å². The minimum Gasteiger partial charge on any atom is -0.497 e. The summed E-state index contributed by atoms with van der Waals surface area (Å²) in [5.41, 5.74) is 0.340. The summed E-state index contributed by atoms with van der Waals surface area (Å²) in [7, 11) is 4.42. The Balaban J connectivity index is 1.64. The molecule has 0 aliphatic carbocycles. The van der Waals surface area contributed by atoms with Crippen LogP contribution < -0.4 is 26.0 Å². The molecule has 0 atom stereocenters. The summed E-state index contributed by atoms with van der Waals surface area (Å²) in [4.78, 5) is 38.8. The maximum Gasteiger partial charge on any atom is 0.328 e. The molecule has 0 fully saturated rings. The van der Waals surface area contributed by atoms with E-state index in [0.29, 0.717) is 28.4 Å². The third kappa shape index (κ3) is 5.15. The maximum absolute atomic E-state index is 12.3. The van der Waals surface area contributed by atoms with E-state index in [4.69, 9.17) is 13.9 Å². The maximum atomic E-state index is 12.3. The number of amides is 1. The first kappa shape index (κ1) is 22.2. The summed E-state index contributed by atoms with van der Waals surface area (Å²) in [6.07, 6.45) is 0.0655. The lowest BCUT2D eigenvalue weighted by molar-refractivity contribution is -0.113. The van der Waals surface area contributed by atoms with Crippen LogP contribution in [-0.4, -0.2) is 45.6 Å². The van der Waals surface area contributed by atoms with Crippen molar-refractivity contribution in [1.29, 1.82) is 0 Å². The van der Waals surface area contributed by atoms with Gasteiger partial charge in [0.15, 0.2) is 0 Å². The number of nitrogens with one attached hydrogen (secondary N) is 2. The minimum atomic E-state index is -0.494. The van der Waals surface area contributed by atoms with Gasteiger partial charge in [0.25, 0.3) is 10.8 Å². The molecule has 0 aliphatic rings. The smallest absolute Gasteiger partial charge is 0.328 e. The summed E-state index contributed by atoms with van der Waals surface area (Å²) < 4.78 is 16.9. The molecule has 0 radical (unpaired) electrons. The number of nitrogens with zero attached hydrogens (tertiary/aromatic N) is 3. The Hall–Kier alpha value is -3.54. The second-order valence-corrected chi connectivity index (χ2v) is 7.37. The Labute approximate surface area is 180 Å². The highest BCUT2D eigenvalue weighted by molar-refractivity contribution is 7.99. The fraction of sp³-hybridized carbons (Fsp3) is 0.316. The van der Waals surface area contributed by atoms with Crippen molar-refractivity contribution in [3.05, 3.63) is 56.2 Å². The molecule has 11 nitrogen and oxygen atoms in total. The van der Waals surface area contributed by atoms with Gasteiger partial charge >= 0.3 is 5.69 Å². The van der Waals surface area contributed by atoms with Crippen molar-refractivity contribution in [1.82, 2.24) is 19.7 Å². The molecule has 0 unspecified atom stereocenters. The second-order valence-electron chi connectivity index (χ2n) is 6.44.